The fraction of sp³-hybridized carbons (Fsp3) is 0.214. The van der Waals surface area contributed by atoms with Gasteiger partial charge < -0.3 is 10.1 Å². The van der Waals surface area contributed by atoms with Crippen molar-refractivity contribution < 1.29 is 9.53 Å². The molecule has 2 rings (SSSR count). The van der Waals surface area contributed by atoms with Crippen molar-refractivity contribution >= 4 is 44.8 Å². The number of hydrogen-bond acceptors (Lipinski definition) is 3. The van der Waals surface area contributed by atoms with Crippen molar-refractivity contribution in [3.8, 4) is 5.75 Å². The van der Waals surface area contributed by atoms with Gasteiger partial charge >= 0.3 is 0 Å². The van der Waals surface area contributed by atoms with Gasteiger partial charge in [0.05, 0.1) is 10.4 Å². The zero-order valence-electron chi connectivity index (χ0n) is 10.7. The van der Waals surface area contributed by atoms with Crippen LogP contribution < -0.4 is 10.1 Å². The summed E-state index contributed by atoms with van der Waals surface area (Å²) >= 11 is 10.7. The lowest BCUT2D eigenvalue weighted by Gasteiger charge is -2.12. The SMILES string of the molecule is CC(NC(=O)COc1ccc(Br)cc1)c1ccc(Cl)s1. The summed E-state index contributed by atoms with van der Waals surface area (Å²) in [6.45, 7) is 1.91. The van der Waals surface area contributed by atoms with Gasteiger partial charge in [0, 0.05) is 9.35 Å². The summed E-state index contributed by atoms with van der Waals surface area (Å²) in [7, 11) is 0. The molecule has 0 aliphatic heterocycles. The van der Waals surface area contributed by atoms with Crippen LogP contribution in [0, 0.1) is 0 Å². The number of carbonyl (C=O) groups excluding carboxylic acids is 1. The average molecular weight is 375 g/mol. The van der Waals surface area contributed by atoms with Crippen molar-refractivity contribution in [1.29, 1.82) is 0 Å². The van der Waals surface area contributed by atoms with Gasteiger partial charge in [0.15, 0.2) is 6.61 Å². The second-order valence-corrected chi connectivity index (χ2v) is 6.84. The first-order chi connectivity index (χ1) is 9.54. The normalized spacial score (nSPS) is 11.9. The first-order valence-electron chi connectivity index (χ1n) is 5.97. The van der Waals surface area contributed by atoms with Crippen molar-refractivity contribution in [2.24, 2.45) is 0 Å². The number of hydrogen-bond donors (Lipinski definition) is 1. The first kappa shape index (κ1) is 15.4. The van der Waals surface area contributed by atoms with E-state index in [1.807, 2.05) is 31.2 Å². The molecule has 1 aromatic carbocycles. The Kier molecular flexibility index (Phi) is 5.46. The van der Waals surface area contributed by atoms with Crippen LogP contribution >= 0.6 is 38.9 Å². The topological polar surface area (TPSA) is 38.3 Å². The molecule has 0 radical (unpaired) electrons. The van der Waals surface area contributed by atoms with E-state index in [0.29, 0.717) is 10.1 Å². The third kappa shape index (κ3) is 4.51. The van der Waals surface area contributed by atoms with Crippen molar-refractivity contribution in [2.45, 2.75) is 13.0 Å². The lowest BCUT2D eigenvalue weighted by atomic mass is 10.3. The highest BCUT2D eigenvalue weighted by Gasteiger charge is 2.12. The summed E-state index contributed by atoms with van der Waals surface area (Å²) in [5.41, 5.74) is 0. The molecule has 2 aromatic rings. The van der Waals surface area contributed by atoms with Crippen LogP contribution in [0.25, 0.3) is 0 Å². The monoisotopic (exact) mass is 373 g/mol. The third-order valence-electron chi connectivity index (χ3n) is 2.58. The van der Waals surface area contributed by atoms with Crippen LogP contribution in [-0.4, -0.2) is 12.5 Å². The van der Waals surface area contributed by atoms with Gasteiger partial charge in [0.1, 0.15) is 5.75 Å². The van der Waals surface area contributed by atoms with Crippen molar-refractivity contribution in [3.63, 3.8) is 0 Å². The number of nitrogens with one attached hydrogen (secondary N) is 1. The van der Waals surface area contributed by atoms with Crippen LogP contribution in [0.2, 0.25) is 4.34 Å². The van der Waals surface area contributed by atoms with E-state index in [2.05, 4.69) is 21.2 Å². The number of amides is 1. The molecule has 6 heteroatoms. The molecule has 0 aliphatic rings. The van der Waals surface area contributed by atoms with E-state index >= 15 is 0 Å². The summed E-state index contributed by atoms with van der Waals surface area (Å²) in [6, 6.07) is 11.0. The number of ether oxygens (including phenoxy) is 1. The second-order valence-electron chi connectivity index (χ2n) is 4.17. The highest BCUT2D eigenvalue weighted by Crippen LogP contribution is 2.26. The van der Waals surface area contributed by atoms with Gasteiger partial charge in [-0.2, -0.15) is 0 Å². The molecule has 0 fully saturated rings. The number of benzene rings is 1. The van der Waals surface area contributed by atoms with Crippen LogP contribution in [0.4, 0.5) is 0 Å². The minimum atomic E-state index is -0.162. The minimum Gasteiger partial charge on any atom is -0.484 e. The molecule has 0 saturated heterocycles. The maximum atomic E-state index is 11.8. The van der Waals surface area contributed by atoms with E-state index in [1.165, 1.54) is 11.3 Å². The van der Waals surface area contributed by atoms with E-state index in [-0.39, 0.29) is 18.6 Å². The Hall–Kier alpha value is -1.04. The summed E-state index contributed by atoms with van der Waals surface area (Å²) in [5.74, 6) is 0.500. The molecule has 1 amide bonds. The van der Waals surface area contributed by atoms with Gasteiger partial charge in [0.25, 0.3) is 5.91 Å². The molecule has 1 N–H and O–H groups in total. The fourth-order valence-corrected chi connectivity index (χ4v) is 2.92. The third-order valence-corrected chi connectivity index (χ3v) is 4.52. The molecule has 1 atom stereocenters. The number of carbonyl (C=O) groups is 1. The average Bonchev–Trinajstić information content (AvgIpc) is 2.85. The number of thiophene rings is 1. The molecule has 1 aromatic heterocycles. The van der Waals surface area contributed by atoms with Crippen LogP contribution in [0.1, 0.15) is 17.8 Å². The highest BCUT2D eigenvalue weighted by molar-refractivity contribution is 9.10. The highest BCUT2D eigenvalue weighted by atomic mass is 79.9. The molecule has 3 nitrogen and oxygen atoms in total. The molecule has 1 unspecified atom stereocenters. The maximum absolute atomic E-state index is 11.8. The summed E-state index contributed by atoms with van der Waals surface area (Å²) in [5, 5.41) is 2.87. The predicted molar refractivity (Wildman–Crippen MR) is 85.5 cm³/mol. The smallest absolute Gasteiger partial charge is 0.258 e. The Morgan fingerprint density at radius 3 is 2.65 bits per heavy atom. The number of rotatable bonds is 5. The van der Waals surface area contributed by atoms with Gasteiger partial charge in [-0.05, 0) is 43.3 Å². The molecular weight excluding hydrogens is 362 g/mol. The Bertz CT molecular complexity index is 585. The summed E-state index contributed by atoms with van der Waals surface area (Å²) in [6.07, 6.45) is 0. The van der Waals surface area contributed by atoms with E-state index in [4.69, 9.17) is 16.3 Å². The summed E-state index contributed by atoms with van der Waals surface area (Å²) < 4.78 is 7.09. The fourth-order valence-electron chi connectivity index (χ4n) is 1.59. The van der Waals surface area contributed by atoms with Gasteiger partial charge in [-0.3, -0.25) is 4.79 Å². The van der Waals surface area contributed by atoms with Crippen molar-refractivity contribution in [2.75, 3.05) is 6.61 Å². The standard InChI is InChI=1S/C14H13BrClNO2S/c1-9(12-6-7-13(16)20-12)17-14(18)8-19-11-4-2-10(15)3-5-11/h2-7,9H,8H2,1H3,(H,17,18). The van der Waals surface area contributed by atoms with E-state index in [9.17, 15) is 4.79 Å². The van der Waals surface area contributed by atoms with Crippen molar-refractivity contribution in [3.05, 3.63) is 50.1 Å². The molecule has 0 aliphatic carbocycles. The second kappa shape index (κ2) is 7.11. The van der Waals surface area contributed by atoms with Gasteiger partial charge in [0.2, 0.25) is 0 Å². The Labute approximate surface area is 135 Å². The largest absolute Gasteiger partial charge is 0.484 e. The molecule has 0 saturated carbocycles. The van der Waals surface area contributed by atoms with Gasteiger partial charge in [-0.1, -0.05) is 27.5 Å². The molecule has 106 valence electrons. The molecule has 0 spiro atoms. The Morgan fingerprint density at radius 1 is 1.35 bits per heavy atom. The molecule has 0 bridgehead atoms. The van der Waals surface area contributed by atoms with E-state index in [1.54, 1.807) is 12.1 Å². The molecule has 1 heterocycles. The van der Waals surface area contributed by atoms with Crippen LogP contribution in [0.5, 0.6) is 5.75 Å². The zero-order chi connectivity index (χ0) is 14.5. The summed E-state index contributed by atoms with van der Waals surface area (Å²) in [4.78, 5) is 12.8. The lowest BCUT2D eigenvalue weighted by Crippen LogP contribution is -2.30. The molecular formula is C14H13BrClNO2S. The van der Waals surface area contributed by atoms with Gasteiger partial charge in [-0.25, -0.2) is 0 Å². The van der Waals surface area contributed by atoms with E-state index in [0.717, 1.165) is 9.35 Å². The lowest BCUT2D eigenvalue weighted by molar-refractivity contribution is -0.123. The Balaban J connectivity index is 1.82. The predicted octanol–water partition coefficient (Wildman–Crippen LogP) is 4.42. The zero-order valence-corrected chi connectivity index (χ0v) is 13.9. The number of halogens is 2. The van der Waals surface area contributed by atoms with Gasteiger partial charge in [-0.15, -0.1) is 11.3 Å². The minimum absolute atomic E-state index is 0.00885. The van der Waals surface area contributed by atoms with Crippen molar-refractivity contribution in [1.82, 2.24) is 5.32 Å². The maximum Gasteiger partial charge on any atom is 0.258 e. The first-order valence-corrected chi connectivity index (χ1v) is 7.96. The molecule has 20 heavy (non-hydrogen) atoms. The quantitative estimate of drug-likeness (QED) is 0.841. The Morgan fingerprint density at radius 2 is 2.05 bits per heavy atom. The van der Waals surface area contributed by atoms with Crippen LogP contribution in [0.3, 0.4) is 0 Å². The van der Waals surface area contributed by atoms with E-state index < -0.39 is 0 Å². The van der Waals surface area contributed by atoms with Crippen LogP contribution in [0.15, 0.2) is 40.9 Å². The van der Waals surface area contributed by atoms with Crippen LogP contribution in [-0.2, 0) is 4.79 Å².